The van der Waals surface area contributed by atoms with Crippen LogP contribution in [-0.2, 0) is 0 Å². The van der Waals surface area contributed by atoms with E-state index in [0.717, 1.165) is 63.8 Å². The van der Waals surface area contributed by atoms with Crippen LogP contribution in [-0.4, -0.2) is 18.2 Å². The highest BCUT2D eigenvalue weighted by Gasteiger charge is 2.32. The first-order valence-corrected chi connectivity index (χ1v) is 14.8. The molecule has 4 heteroatoms. The highest BCUT2D eigenvalue weighted by molar-refractivity contribution is 5.71. The van der Waals surface area contributed by atoms with Crippen LogP contribution in [0.4, 0.5) is 17.1 Å². The second kappa shape index (κ2) is 12.6. The molecule has 4 nitrogen and oxygen atoms in total. The Balaban J connectivity index is 1.63. The van der Waals surface area contributed by atoms with E-state index in [9.17, 15) is 5.11 Å². The summed E-state index contributed by atoms with van der Waals surface area (Å²) in [6.45, 7) is 10.6. The van der Waals surface area contributed by atoms with Gasteiger partial charge < -0.3 is 20.1 Å². The molecule has 0 aromatic heterocycles. The lowest BCUT2D eigenvalue weighted by Crippen LogP contribution is -2.26. The van der Waals surface area contributed by atoms with Crippen molar-refractivity contribution in [3.8, 4) is 11.5 Å². The summed E-state index contributed by atoms with van der Waals surface area (Å²) < 4.78 is 6.70. The van der Waals surface area contributed by atoms with Crippen LogP contribution >= 0.6 is 0 Å². The summed E-state index contributed by atoms with van der Waals surface area (Å²) in [4.78, 5) is 2.50. The van der Waals surface area contributed by atoms with Crippen LogP contribution in [0.2, 0.25) is 0 Å². The van der Waals surface area contributed by atoms with Gasteiger partial charge >= 0.3 is 0 Å². The Morgan fingerprint density at radius 2 is 1.48 bits per heavy atom. The van der Waals surface area contributed by atoms with Crippen molar-refractivity contribution in [2.75, 3.05) is 23.3 Å². The third-order valence-electron chi connectivity index (χ3n) is 7.93. The van der Waals surface area contributed by atoms with Crippen LogP contribution < -0.4 is 15.0 Å². The third-order valence-corrected chi connectivity index (χ3v) is 7.93. The Morgan fingerprint density at radius 1 is 0.800 bits per heavy atom. The molecule has 1 heterocycles. The normalized spacial score (nSPS) is 14.6. The van der Waals surface area contributed by atoms with E-state index in [0.29, 0.717) is 0 Å². The summed E-state index contributed by atoms with van der Waals surface area (Å²) in [5, 5.41) is 14.4. The number of ether oxygens (including phenoxy) is 1. The van der Waals surface area contributed by atoms with Gasteiger partial charge in [0.25, 0.3) is 0 Å². The van der Waals surface area contributed by atoms with Crippen LogP contribution in [0.1, 0.15) is 86.3 Å². The molecule has 0 saturated carbocycles. The molecule has 4 aromatic rings. The number of aliphatic hydroxyl groups excluding tert-OH is 1. The first kappa shape index (κ1) is 27.8. The summed E-state index contributed by atoms with van der Waals surface area (Å²) in [5.41, 5.74) is 8.73. The van der Waals surface area contributed by atoms with E-state index in [2.05, 4.69) is 85.6 Å². The number of benzene rings is 4. The molecule has 0 fully saturated rings. The Bertz CT molecular complexity index is 1420. The van der Waals surface area contributed by atoms with Gasteiger partial charge in [0.2, 0.25) is 0 Å². The lowest BCUT2D eigenvalue weighted by molar-refractivity contribution is 0.198. The molecule has 1 aliphatic heterocycles. The van der Waals surface area contributed by atoms with Crippen molar-refractivity contribution in [1.82, 2.24) is 0 Å². The number of aliphatic hydroxyl groups is 1. The fraction of sp³-hybridized carbons (Fsp3) is 0.333. The number of anilines is 3. The molecule has 0 radical (unpaired) electrons. The largest absolute Gasteiger partial charge is 0.457 e. The van der Waals surface area contributed by atoms with Crippen molar-refractivity contribution in [2.24, 2.45) is 0 Å². The predicted octanol–water partition coefficient (Wildman–Crippen LogP) is 9.48. The minimum Gasteiger partial charge on any atom is -0.457 e. The van der Waals surface area contributed by atoms with Crippen LogP contribution in [0.3, 0.4) is 0 Å². The minimum absolute atomic E-state index is 0.0599. The van der Waals surface area contributed by atoms with Crippen LogP contribution in [0.25, 0.3) is 0 Å². The van der Waals surface area contributed by atoms with Crippen molar-refractivity contribution < 1.29 is 9.84 Å². The summed E-state index contributed by atoms with van der Waals surface area (Å²) in [6.07, 6.45) is 4.12. The number of rotatable bonds is 11. The molecule has 0 saturated heterocycles. The Kier molecular flexibility index (Phi) is 8.76. The Labute approximate surface area is 239 Å². The number of hydrogen-bond donors (Lipinski definition) is 2. The van der Waals surface area contributed by atoms with Crippen molar-refractivity contribution >= 4 is 17.1 Å². The fourth-order valence-corrected chi connectivity index (χ4v) is 5.71. The maximum atomic E-state index is 10.8. The molecule has 0 amide bonds. The minimum atomic E-state index is -0.573. The lowest BCUT2D eigenvalue weighted by atomic mass is 9.79. The molecule has 4 aromatic carbocycles. The number of unbranched alkanes of at least 4 members (excludes halogenated alkanes) is 2. The van der Waals surface area contributed by atoms with Gasteiger partial charge in [0.1, 0.15) is 11.5 Å². The number of aryl methyl sites for hydroxylation is 1. The molecule has 0 spiro atoms. The fourth-order valence-electron chi connectivity index (χ4n) is 5.71. The van der Waals surface area contributed by atoms with Gasteiger partial charge in [-0.1, -0.05) is 75.2 Å². The van der Waals surface area contributed by atoms with Crippen molar-refractivity contribution in [1.29, 1.82) is 0 Å². The monoisotopic (exact) mass is 534 g/mol. The van der Waals surface area contributed by atoms with E-state index >= 15 is 0 Å². The third kappa shape index (κ3) is 5.88. The molecule has 2 N–H and O–H groups in total. The highest BCUT2D eigenvalue weighted by atomic mass is 16.5. The molecule has 5 rings (SSSR count). The topological polar surface area (TPSA) is 44.7 Å². The molecule has 2 unspecified atom stereocenters. The van der Waals surface area contributed by atoms with Gasteiger partial charge in [-0.15, -0.1) is 0 Å². The first-order valence-electron chi connectivity index (χ1n) is 14.8. The molecule has 0 bridgehead atoms. The summed E-state index contributed by atoms with van der Waals surface area (Å²) in [5.74, 6) is 1.71. The SMILES string of the molecule is CCCCN(CCCC)c1ccc2c(c1)Oc1cc(C)c(Nc3ccccc3)cc1C2c1ccccc1C(C)O. The van der Waals surface area contributed by atoms with Gasteiger partial charge in [-0.05, 0) is 73.7 Å². The average Bonchev–Trinajstić information content (AvgIpc) is 2.97. The van der Waals surface area contributed by atoms with Crippen molar-refractivity contribution in [3.63, 3.8) is 0 Å². The van der Waals surface area contributed by atoms with E-state index in [1.807, 2.05) is 37.3 Å². The number of para-hydroxylation sites is 1. The molecular formula is C36H42N2O2. The molecule has 2 atom stereocenters. The average molecular weight is 535 g/mol. The zero-order valence-electron chi connectivity index (χ0n) is 24.3. The summed E-state index contributed by atoms with van der Waals surface area (Å²) >= 11 is 0. The molecule has 0 aliphatic carbocycles. The van der Waals surface area contributed by atoms with E-state index in [1.165, 1.54) is 31.4 Å². The molecule has 40 heavy (non-hydrogen) atoms. The molecule has 1 aliphatic rings. The van der Waals surface area contributed by atoms with Crippen LogP contribution in [0, 0.1) is 6.92 Å². The Morgan fingerprint density at radius 3 is 2.17 bits per heavy atom. The van der Waals surface area contributed by atoms with E-state index in [4.69, 9.17) is 4.74 Å². The first-order chi connectivity index (χ1) is 19.5. The maximum absolute atomic E-state index is 10.8. The van der Waals surface area contributed by atoms with Gasteiger partial charge in [-0.3, -0.25) is 0 Å². The number of hydrogen-bond acceptors (Lipinski definition) is 4. The lowest BCUT2D eigenvalue weighted by Gasteiger charge is -2.33. The van der Waals surface area contributed by atoms with E-state index in [1.54, 1.807) is 0 Å². The molecule has 208 valence electrons. The van der Waals surface area contributed by atoms with Crippen LogP contribution in [0.15, 0.2) is 84.9 Å². The van der Waals surface area contributed by atoms with Crippen molar-refractivity contribution in [2.45, 2.75) is 65.4 Å². The predicted molar refractivity (Wildman–Crippen MR) is 167 cm³/mol. The van der Waals surface area contributed by atoms with Gasteiger partial charge in [-0.2, -0.15) is 0 Å². The maximum Gasteiger partial charge on any atom is 0.133 e. The smallest absolute Gasteiger partial charge is 0.133 e. The second-order valence-electron chi connectivity index (χ2n) is 11.0. The van der Waals surface area contributed by atoms with E-state index in [-0.39, 0.29) is 5.92 Å². The highest BCUT2D eigenvalue weighted by Crippen LogP contribution is 2.51. The Hall–Kier alpha value is -3.76. The summed E-state index contributed by atoms with van der Waals surface area (Å²) in [7, 11) is 0. The molecular weight excluding hydrogens is 492 g/mol. The number of nitrogens with one attached hydrogen (secondary N) is 1. The zero-order valence-corrected chi connectivity index (χ0v) is 24.3. The summed E-state index contributed by atoms with van der Waals surface area (Å²) in [6, 6.07) is 29.6. The number of nitrogens with zero attached hydrogens (tertiary/aromatic N) is 1. The quantitative estimate of drug-likeness (QED) is 0.177. The zero-order chi connectivity index (χ0) is 28.1. The van der Waals surface area contributed by atoms with Gasteiger partial charge in [-0.25, -0.2) is 0 Å². The number of fused-ring (bicyclic) bond motifs is 2. The van der Waals surface area contributed by atoms with Gasteiger partial charge in [0, 0.05) is 53.3 Å². The van der Waals surface area contributed by atoms with Gasteiger partial charge in [0.15, 0.2) is 0 Å². The van der Waals surface area contributed by atoms with Gasteiger partial charge in [0.05, 0.1) is 6.10 Å². The second-order valence-corrected chi connectivity index (χ2v) is 11.0. The van der Waals surface area contributed by atoms with Crippen molar-refractivity contribution in [3.05, 3.63) is 113 Å². The standard InChI is InChI=1S/C36H42N2O2/c1-5-7-20-38(21-8-6-2)28-18-19-31-35(23-28)40-34-22-25(3)33(37-27-14-10-9-11-15-27)24-32(34)36(31)30-17-13-12-16-29(30)26(4)39/h9-19,22-24,26,36-37,39H,5-8,20-21H2,1-4H3. The van der Waals surface area contributed by atoms with E-state index < -0.39 is 6.10 Å². The van der Waals surface area contributed by atoms with Crippen LogP contribution in [0.5, 0.6) is 11.5 Å².